The summed E-state index contributed by atoms with van der Waals surface area (Å²) in [5.41, 5.74) is -4.46. The van der Waals surface area contributed by atoms with Crippen LogP contribution in [0.4, 0.5) is 30.7 Å². The number of nitrogens with zero attached hydrogens (tertiary/aromatic N) is 2. The first-order valence-electron chi connectivity index (χ1n) is 10.7. The van der Waals surface area contributed by atoms with E-state index < -0.39 is 46.4 Å². The Kier molecular flexibility index (Phi) is 6.28. The highest BCUT2D eigenvalue weighted by atomic mass is 19.4. The van der Waals surface area contributed by atoms with Crippen LogP contribution < -0.4 is 5.32 Å². The zero-order valence-corrected chi connectivity index (χ0v) is 18.1. The highest BCUT2D eigenvalue weighted by Gasteiger charge is 2.47. The molecule has 2 fully saturated rings. The third kappa shape index (κ3) is 4.97. The van der Waals surface area contributed by atoms with Gasteiger partial charge < -0.3 is 9.80 Å². The lowest BCUT2D eigenvalue weighted by atomic mass is 9.94. The maximum Gasteiger partial charge on any atom is 0.416 e. The van der Waals surface area contributed by atoms with E-state index in [0.29, 0.717) is 17.7 Å². The van der Waals surface area contributed by atoms with Crippen molar-refractivity contribution >= 4 is 11.8 Å². The van der Waals surface area contributed by atoms with Crippen molar-refractivity contribution in [1.29, 1.82) is 0 Å². The summed E-state index contributed by atoms with van der Waals surface area (Å²) in [6, 6.07) is 6.73. The minimum Gasteiger partial charge on any atom is -0.338 e. The summed E-state index contributed by atoms with van der Waals surface area (Å²) in [6.07, 6.45) is -9.79. The Labute approximate surface area is 195 Å². The number of amides is 2. The van der Waals surface area contributed by atoms with Gasteiger partial charge in [0.15, 0.2) is 0 Å². The van der Waals surface area contributed by atoms with Crippen molar-refractivity contribution in [3.8, 4) is 0 Å². The Morgan fingerprint density at radius 2 is 1.51 bits per heavy atom. The van der Waals surface area contributed by atoms with Gasteiger partial charge in [0.2, 0.25) is 5.91 Å². The second-order valence-corrected chi connectivity index (χ2v) is 8.54. The molecule has 1 N–H and O–H groups in total. The number of rotatable bonds is 3. The van der Waals surface area contributed by atoms with Crippen molar-refractivity contribution < 1.29 is 40.3 Å². The predicted molar refractivity (Wildman–Crippen MR) is 109 cm³/mol. The fourth-order valence-corrected chi connectivity index (χ4v) is 4.49. The normalized spacial score (nSPS) is 18.4. The molecule has 12 heteroatoms. The van der Waals surface area contributed by atoms with Gasteiger partial charge in [0, 0.05) is 37.1 Å². The van der Waals surface area contributed by atoms with E-state index in [-0.39, 0.29) is 51.0 Å². The summed E-state index contributed by atoms with van der Waals surface area (Å²) in [5, 5.41) is 3.09. The van der Waals surface area contributed by atoms with E-state index in [0.717, 1.165) is 4.90 Å². The maximum atomic E-state index is 14.1. The van der Waals surface area contributed by atoms with E-state index >= 15 is 0 Å². The maximum absolute atomic E-state index is 14.1. The monoisotopic (exact) mass is 503 g/mol. The Balaban J connectivity index is 1.54. The molecule has 0 bridgehead atoms. The van der Waals surface area contributed by atoms with E-state index in [4.69, 9.17) is 0 Å². The molecule has 2 heterocycles. The molecule has 2 amide bonds. The molecule has 0 saturated carbocycles. The predicted octanol–water partition coefficient (Wildman–Crippen LogP) is 4.43. The molecule has 1 spiro atoms. The third-order valence-electron chi connectivity index (χ3n) is 6.39. The van der Waals surface area contributed by atoms with Gasteiger partial charge in [-0.05, 0) is 24.3 Å². The van der Waals surface area contributed by atoms with Crippen LogP contribution in [0, 0.1) is 5.82 Å². The summed E-state index contributed by atoms with van der Waals surface area (Å²) < 4.78 is 93.1. The van der Waals surface area contributed by atoms with Crippen LogP contribution in [0.3, 0.4) is 0 Å². The molecule has 5 nitrogen and oxygen atoms in total. The van der Waals surface area contributed by atoms with Gasteiger partial charge >= 0.3 is 12.4 Å². The minimum atomic E-state index is -5.07. The van der Waals surface area contributed by atoms with Gasteiger partial charge in [-0.3, -0.25) is 14.9 Å². The molecule has 0 atom stereocenters. The number of halogens is 7. The first-order chi connectivity index (χ1) is 16.3. The number of piperidine rings is 1. The van der Waals surface area contributed by atoms with Gasteiger partial charge in [0.1, 0.15) is 5.82 Å². The van der Waals surface area contributed by atoms with Crippen molar-refractivity contribution in [2.45, 2.75) is 37.4 Å². The Morgan fingerprint density at radius 1 is 0.943 bits per heavy atom. The van der Waals surface area contributed by atoms with Crippen LogP contribution in [-0.4, -0.2) is 46.9 Å². The smallest absolute Gasteiger partial charge is 0.338 e. The molecular weight excluding hydrogens is 483 g/mol. The second kappa shape index (κ2) is 8.81. The number of hydrogen-bond donors (Lipinski definition) is 1. The average molecular weight is 503 g/mol. The van der Waals surface area contributed by atoms with Crippen LogP contribution in [0.2, 0.25) is 0 Å². The number of alkyl halides is 6. The SMILES string of the molecule is O=C(c1cc(C(F)(F)F)cc(C(F)(F)F)c1)N1CCC2(CC1)NCC(=O)N2Cc1ccccc1F. The number of nitrogens with one attached hydrogen (secondary N) is 1. The molecule has 35 heavy (non-hydrogen) atoms. The standard InChI is InChI=1S/C23H20F7N3O2/c24-18-4-2-1-3-14(18)13-33-19(34)12-31-21(33)5-7-32(8-6-21)20(35)15-9-16(22(25,26)27)11-17(10-15)23(28,29)30/h1-4,9-11,31H,5-8,12-13H2. The summed E-state index contributed by atoms with van der Waals surface area (Å²) >= 11 is 0. The highest BCUT2D eigenvalue weighted by molar-refractivity contribution is 5.95. The molecule has 0 aromatic heterocycles. The van der Waals surface area contributed by atoms with Gasteiger partial charge in [0.25, 0.3) is 5.91 Å². The van der Waals surface area contributed by atoms with Crippen LogP contribution in [0.5, 0.6) is 0 Å². The lowest BCUT2D eigenvalue weighted by molar-refractivity contribution is -0.143. The van der Waals surface area contributed by atoms with Crippen LogP contribution in [0.15, 0.2) is 42.5 Å². The molecular formula is C23H20F7N3O2. The molecule has 2 aromatic rings. The number of benzene rings is 2. The first-order valence-corrected chi connectivity index (χ1v) is 10.7. The van der Waals surface area contributed by atoms with E-state index in [2.05, 4.69) is 5.32 Å². The largest absolute Gasteiger partial charge is 0.416 e. The number of likely N-dealkylation sites (tertiary alicyclic amines) is 1. The molecule has 2 aliphatic heterocycles. The van der Waals surface area contributed by atoms with Gasteiger partial charge in [0.05, 0.1) is 29.9 Å². The van der Waals surface area contributed by atoms with Crippen molar-refractivity contribution in [2.24, 2.45) is 0 Å². The van der Waals surface area contributed by atoms with Crippen molar-refractivity contribution in [1.82, 2.24) is 15.1 Å². The molecule has 188 valence electrons. The fraction of sp³-hybridized carbons (Fsp3) is 0.391. The van der Waals surface area contributed by atoms with Gasteiger partial charge in [-0.2, -0.15) is 26.3 Å². The zero-order valence-electron chi connectivity index (χ0n) is 18.1. The van der Waals surface area contributed by atoms with Crippen LogP contribution in [0.1, 0.15) is 39.9 Å². The number of hydrogen-bond acceptors (Lipinski definition) is 3. The highest BCUT2D eigenvalue weighted by Crippen LogP contribution is 2.37. The first kappa shape index (κ1) is 25.0. The summed E-state index contributed by atoms with van der Waals surface area (Å²) in [7, 11) is 0. The number of carbonyl (C=O) groups excluding carboxylic acids is 2. The van der Waals surface area contributed by atoms with Crippen LogP contribution in [-0.2, 0) is 23.7 Å². The molecule has 2 saturated heterocycles. The van der Waals surface area contributed by atoms with E-state index in [1.54, 1.807) is 12.1 Å². The van der Waals surface area contributed by atoms with Crippen LogP contribution >= 0.6 is 0 Å². The Hall–Kier alpha value is -3.15. The van der Waals surface area contributed by atoms with Crippen molar-refractivity contribution in [2.75, 3.05) is 19.6 Å². The lowest BCUT2D eigenvalue weighted by Gasteiger charge is -2.44. The molecule has 0 radical (unpaired) electrons. The van der Waals surface area contributed by atoms with Crippen molar-refractivity contribution in [3.63, 3.8) is 0 Å². The molecule has 0 unspecified atom stereocenters. The van der Waals surface area contributed by atoms with E-state index in [1.165, 1.54) is 17.0 Å². The summed E-state index contributed by atoms with van der Waals surface area (Å²) in [5.74, 6) is -1.73. The van der Waals surface area contributed by atoms with E-state index in [9.17, 15) is 40.3 Å². The zero-order chi connectivity index (χ0) is 25.6. The number of carbonyl (C=O) groups is 2. The quantitative estimate of drug-likeness (QED) is 0.631. The van der Waals surface area contributed by atoms with Gasteiger partial charge in [-0.1, -0.05) is 18.2 Å². The molecule has 2 aromatic carbocycles. The second-order valence-electron chi connectivity index (χ2n) is 8.54. The Bertz CT molecular complexity index is 1110. The lowest BCUT2D eigenvalue weighted by Crippen LogP contribution is -2.59. The molecule has 0 aliphatic carbocycles. The molecule has 2 aliphatic rings. The molecule has 4 rings (SSSR count). The third-order valence-corrected chi connectivity index (χ3v) is 6.39. The Morgan fingerprint density at radius 3 is 2.06 bits per heavy atom. The average Bonchev–Trinajstić information content (AvgIpc) is 3.09. The van der Waals surface area contributed by atoms with Gasteiger partial charge in [-0.15, -0.1) is 0 Å². The topological polar surface area (TPSA) is 52.7 Å². The fourth-order valence-electron chi connectivity index (χ4n) is 4.49. The summed E-state index contributed by atoms with van der Waals surface area (Å²) in [6.45, 7) is -0.0744. The van der Waals surface area contributed by atoms with Crippen LogP contribution in [0.25, 0.3) is 0 Å². The summed E-state index contributed by atoms with van der Waals surface area (Å²) in [4.78, 5) is 28.0. The van der Waals surface area contributed by atoms with E-state index in [1.807, 2.05) is 0 Å². The van der Waals surface area contributed by atoms with Crippen molar-refractivity contribution in [3.05, 3.63) is 70.5 Å². The van der Waals surface area contributed by atoms with Gasteiger partial charge in [-0.25, -0.2) is 4.39 Å². The minimum absolute atomic E-state index is 0.00896.